The van der Waals surface area contributed by atoms with Crippen LogP contribution in [0.15, 0.2) is 0 Å². The molecule has 0 amide bonds. The van der Waals surface area contributed by atoms with Crippen molar-refractivity contribution in [3.63, 3.8) is 0 Å². The minimum atomic E-state index is 0.523. The van der Waals surface area contributed by atoms with E-state index in [4.69, 9.17) is 4.74 Å². The van der Waals surface area contributed by atoms with E-state index >= 15 is 0 Å². The third-order valence-corrected chi connectivity index (χ3v) is 4.45. The van der Waals surface area contributed by atoms with E-state index < -0.39 is 0 Å². The third kappa shape index (κ3) is 4.52. The highest BCUT2D eigenvalue weighted by molar-refractivity contribution is 4.75. The minimum absolute atomic E-state index is 0.523. The standard InChI is InChI=1S/C15H30N2O/c1-2-14-6-3-4-11-17(14)12-5-13-18-15-7-9-16-10-8-15/h14-16H,2-13H2,1H3. The fraction of sp³-hybridized carbons (Fsp3) is 1.00. The molecule has 1 N–H and O–H groups in total. The first-order valence-corrected chi connectivity index (χ1v) is 7.96. The summed E-state index contributed by atoms with van der Waals surface area (Å²) in [4.78, 5) is 2.69. The first-order valence-electron chi connectivity index (χ1n) is 7.96. The monoisotopic (exact) mass is 254 g/mol. The van der Waals surface area contributed by atoms with Gasteiger partial charge >= 0.3 is 0 Å². The summed E-state index contributed by atoms with van der Waals surface area (Å²) < 4.78 is 5.98. The predicted octanol–water partition coefficient (Wildman–Crippen LogP) is 2.41. The largest absolute Gasteiger partial charge is 0.378 e. The molecule has 0 aromatic carbocycles. The van der Waals surface area contributed by atoms with Crippen LogP contribution in [0.1, 0.15) is 51.9 Å². The van der Waals surface area contributed by atoms with Crippen LogP contribution >= 0.6 is 0 Å². The molecule has 18 heavy (non-hydrogen) atoms. The Morgan fingerprint density at radius 1 is 1.17 bits per heavy atom. The summed E-state index contributed by atoms with van der Waals surface area (Å²) in [5.41, 5.74) is 0. The van der Waals surface area contributed by atoms with E-state index in [1.54, 1.807) is 0 Å². The first kappa shape index (κ1) is 14.3. The van der Waals surface area contributed by atoms with Crippen molar-refractivity contribution in [2.75, 3.05) is 32.8 Å². The zero-order chi connectivity index (χ0) is 12.6. The lowest BCUT2D eigenvalue weighted by Crippen LogP contribution is -2.40. The first-order chi connectivity index (χ1) is 8.90. The van der Waals surface area contributed by atoms with E-state index in [9.17, 15) is 0 Å². The number of piperidine rings is 2. The highest BCUT2D eigenvalue weighted by atomic mass is 16.5. The Hall–Kier alpha value is -0.120. The molecule has 2 saturated heterocycles. The summed E-state index contributed by atoms with van der Waals surface area (Å²) in [5, 5.41) is 3.38. The van der Waals surface area contributed by atoms with Crippen molar-refractivity contribution in [1.29, 1.82) is 0 Å². The van der Waals surface area contributed by atoms with Crippen molar-refractivity contribution >= 4 is 0 Å². The Morgan fingerprint density at radius 3 is 2.78 bits per heavy atom. The summed E-state index contributed by atoms with van der Waals surface area (Å²) in [6.07, 6.45) is 9.67. The zero-order valence-electron chi connectivity index (χ0n) is 12.0. The normalized spacial score (nSPS) is 27.5. The SMILES string of the molecule is CCC1CCCCN1CCCOC1CCNCC1. The second-order valence-electron chi connectivity index (χ2n) is 5.77. The topological polar surface area (TPSA) is 24.5 Å². The molecule has 0 aliphatic carbocycles. The van der Waals surface area contributed by atoms with Crippen LogP contribution in [0.2, 0.25) is 0 Å². The van der Waals surface area contributed by atoms with Crippen molar-refractivity contribution in [3.8, 4) is 0 Å². The van der Waals surface area contributed by atoms with Crippen LogP contribution < -0.4 is 5.32 Å². The third-order valence-electron chi connectivity index (χ3n) is 4.45. The van der Waals surface area contributed by atoms with Crippen molar-refractivity contribution in [3.05, 3.63) is 0 Å². The molecule has 3 heteroatoms. The molecule has 1 unspecified atom stereocenters. The number of likely N-dealkylation sites (tertiary alicyclic amines) is 1. The molecule has 1 atom stereocenters. The molecule has 0 saturated carbocycles. The number of nitrogens with one attached hydrogen (secondary N) is 1. The van der Waals surface area contributed by atoms with Crippen LogP contribution in [0.25, 0.3) is 0 Å². The Bertz CT molecular complexity index is 217. The van der Waals surface area contributed by atoms with Crippen molar-refractivity contribution in [2.45, 2.75) is 64.0 Å². The zero-order valence-corrected chi connectivity index (χ0v) is 12.0. The molecule has 0 aromatic heterocycles. The summed E-state index contributed by atoms with van der Waals surface area (Å²) in [6, 6.07) is 0.845. The van der Waals surface area contributed by atoms with E-state index in [1.165, 1.54) is 58.0 Å². The number of ether oxygens (including phenoxy) is 1. The molecule has 2 aliphatic heterocycles. The Balaban J connectivity index is 1.56. The van der Waals surface area contributed by atoms with Gasteiger partial charge in [-0.25, -0.2) is 0 Å². The van der Waals surface area contributed by atoms with E-state index in [-0.39, 0.29) is 0 Å². The maximum atomic E-state index is 5.98. The lowest BCUT2D eigenvalue weighted by molar-refractivity contribution is 0.0238. The van der Waals surface area contributed by atoms with Crippen molar-refractivity contribution in [1.82, 2.24) is 10.2 Å². The lowest BCUT2D eigenvalue weighted by atomic mass is 10.00. The number of nitrogens with zero attached hydrogens (tertiary/aromatic N) is 1. The molecule has 0 aromatic rings. The Kier molecular flexibility index (Phi) is 6.46. The Labute approximate surface area is 112 Å². The van der Waals surface area contributed by atoms with E-state index in [1.807, 2.05) is 0 Å². The van der Waals surface area contributed by atoms with Gasteiger partial charge in [-0.1, -0.05) is 13.3 Å². The van der Waals surface area contributed by atoms with Crippen LogP contribution in [-0.2, 0) is 4.74 Å². The van der Waals surface area contributed by atoms with Gasteiger partial charge in [0.15, 0.2) is 0 Å². The molecule has 2 fully saturated rings. The number of hydrogen-bond donors (Lipinski definition) is 1. The van der Waals surface area contributed by atoms with Gasteiger partial charge in [0.1, 0.15) is 0 Å². The van der Waals surface area contributed by atoms with E-state index in [0.29, 0.717) is 6.10 Å². The maximum absolute atomic E-state index is 5.98. The fourth-order valence-corrected chi connectivity index (χ4v) is 3.30. The number of rotatable bonds is 6. The molecule has 2 aliphatic rings. The second-order valence-corrected chi connectivity index (χ2v) is 5.77. The van der Waals surface area contributed by atoms with Gasteiger partial charge in [-0.05, 0) is 58.2 Å². The lowest BCUT2D eigenvalue weighted by Gasteiger charge is -2.35. The quantitative estimate of drug-likeness (QED) is 0.737. The van der Waals surface area contributed by atoms with Gasteiger partial charge in [-0.3, -0.25) is 0 Å². The highest BCUT2D eigenvalue weighted by Gasteiger charge is 2.20. The van der Waals surface area contributed by atoms with Crippen molar-refractivity contribution in [2.24, 2.45) is 0 Å². The van der Waals surface area contributed by atoms with E-state index in [0.717, 1.165) is 25.7 Å². The molecule has 0 bridgehead atoms. The molecule has 3 nitrogen and oxygen atoms in total. The molecule has 0 radical (unpaired) electrons. The summed E-state index contributed by atoms with van der Waals surface area (Å²) in [5.74, 6) is 0. The Morgan fingerprint density at radius 2 is 2.00 bits per heavy atom. The second kappa shape index (κ2) is 8.13. The van der Waals surface area contributed by atoms with Gasteiger partial charge in [0.2, 0.25) is 0 Å². The van der Waals surface area contributed by atoms with E-state index in [2.05, 4.69) is 17.1 Å². The molecule has 0 spiro atoms. The van der Waals surface area contributed by atoms with Crippen LogP contribution in [0.5, 0.6) is 0 Å². The molecular formula is C15H30N2O. The van der Waals surface area contributed by atoms with Crippen molar-refractivity contribution < 1.29 is 4.74 Å². The predicted molar refractivity (Wildman–Crippen MR) is 76.0 cm³/mol. The molecule has 2 heterocycles. The smallest absolute Gasteiger partial charge is 0.0599 e. The molecule has 106 valence electrons. The molecule has 2 rings (SSSR count). The molecular weight excluding hydrogens is 224 g/mol. The van der Waals surface area contributed by atoms with Gasteiger partial charge < -0.3 is 15.0 Å². The average Bonchev–Trinajstić information content (AvgIpc) is 2.45. The maximum Gasteiger partial charge on any atom is 0.0599 e. The van der Waals surface area contributed by atoms with Gasteiger partial charge in [0, 0.05) is 19.2 Å². The van der Waals surface area contributed by atoms with Gasteiger partial charge in [-0.15, -0.1) is 0 Å². The van der Waals surface area contributed by atoms with Gasteiger partial charge in [0.25, 0.3) is 0 Å². The summed E-state index contributed by atoms with van der Waals surface area (Å²) >= 11 is 0. The van der Waals surface area contributed by atoms with Crippen LogP contribution in [0.4, 0.5) is 0 Å². The van der Waals surface area contributed by atoms with Gasteiger partial charge in [-0.2, -0.15) is 0 Å². The average molecular weight is 254 g/mol. The number of hydrogen-bond acceptors (Lipinski definition) is 3. The summed E-state index contributed by atoms with van der Waals surface area (Å²) in [7, 11) is 0. The van der Waals surface area contributed by atoms with Crippen LogP contribution in [0.3, 0.4) is 0 Å². The highest BCUT2D eigenvalue weighted by Crippen LogP contribution is 2.19. The minimum Gasteiger partial charge on any atom is -0.378 e. The summed E-state index contributed by atoms with van der Waals surface area (Å²) in [6.45, 7) is 8.10. The van der Waals surface area contributed by atoms with Gasteiger partial charge in [0.05, 0.1) is 6.10 Å². The van der Waals surface area contributed by atoms with Crippen LogP contribution in [0, 0.1) is 0 Å². The van der Waals surface area contributed by atoms with Crippen LogP contribution in [-0.4, -0.2) is 49.8 Å². The fourth-order valence-electron chi connectivity index (χ4n) is 3.30.